The lowest BCUT2D eigenvalue weighted by molar-refractivity contribution is 0.0691. The van der Waals surface area contributed by atoms with E-state index in [0.29, 0.717) is 12.2 Å². The van der Waals surface area contributed by atoms with Gasteiger partial charge in [0, 0.05) is 12.7 Å². The molecule has 0 unspecified atom stereocenters. The number of aromatic nitrogens is 1. The summed E-state index contributed by atoms with van der Waals surface area (Å²) in [7, 11) is 0. The maximum atomic E-state index is 11.2. The predicted molar refractivity (Wildman–Crippen MR) is 88.4 cm³/mol. The quantitative estimate of drug-likeness (QED) is 0.895. The first-order chi connectivity index (χ1) is 10.3. The van der Waals surface area contributed by atoms with Gasteiger partial charge in [0.15, 0.2) is 5.69 Å². The van der Waals surface area contributed by atoms with E-state index >= 15 is 0 Å². The van der Waals surface area contributed by atoms with Crippen LogP contribution in [0.3, 0.4) is 0 Å². The van der Waals surface area contributed by atoms with Gasteiger partial charge in [0.05, 0.1) is 5.69 Å². The molecule has 116 valence electrons. The summed E-state index contributed by atoms with van der Waals surface area (Å²) in [4.78, 5) is 15.2. The molecule has 22 heavy (non-hydrogen) atoms. The van der Waals surface area contributed by atoms with Crippen LogP contribution in [0.1, 0.15) is 48.0 Å². The fourth-order valence-corrected chi connectivity index (χ4v) is 2.19. The van der Waals surface area contributed by atoms with E-state index in [0.717, 1.165) is 11.1 Å². The van der Waals surface area contributed by atoms with Crippen molar-refractivity contribution in [3.8, 4) is 0 Å². The number of benzene rings is 1. The molecule has 2 aromatic rings. The highest BCUT2D eigenvalue weighted by Gasteiger charge is 2.14. The van der Waals surface area contributed by atoms with Crippen molar-refractivity contribution in [2.45, 2.75) is 39.7 Å². The van der Waals surface area contributed by atoms with Crippen molar-refractivity contribution < 1.29 is 9.90 Å². The van der Waals surface area contributed by atoms with Gasteiger partial charge in [-0.2, -0.15) is 0 Å². The largest absolute Gasteiger partial charge is 0.476 e. The summed E-state index contributed by atoms with van der Waals surface area (Å²) < 4.78 is 0. The topological polar surface area (TPSA) is 62.2 Å². The van der Waals surface area contributed by atoms with Crippen molar-refractivity contribution in [3.63, 3.8) is 0 Å². The van der Waals surface area contributed by atoms with Crippen LogP contribution in [0.2, 0.25) is 0 Å². The third-order valence-electron chi connectivity index (χ3n) is 3.53. The Morgan fingerprint density at radius 3 is 2.41 bits per heavy atom. The molecule has 1 aromatic heterocycles. The zero-order valence-electron chi connectivity index (χ0n) is 13.5. The van der Waals surface area contributed by atoms with E-state index in [1.165, 1.54) is 5.56 Å². The van der Waals surface area contributed by atoms with Crippen LogP contribution in [0.5, 0.6) is 0 Å². The number of nitrogens with zero attached hydrogens (tertiary/aromatic N) is 1. The van der Waals surface area contributed by atoms with Crippen molar-refractivity contribution in [2.24, 2.45) is 0 Å². The molecule has 1 heterocycles. The highest BCUT2D eigenvalue weighted by atomic mass is 16.4. The Morgan fingerprint density at radius 1 is 1.23 bits per heavy atom. The zero-order chi connectivity index (χ0) is 16.3. The van der Waals surface area contributed by atoms with Crippen molar-refractivity contribution in [2.75, 3.05) is 5.32 Å². The number of carbonyl (C=O) groups is 1. The van der Waals surface area contributed by atoms with Crippen molar-refractivity contribution in [1.82, 2.24) is 4.98 Å². The maximum Gasteiger partial charge on any atom is 0.356 e. The average Bonchev–Trinajstić information content (AvgIpc) is 2.44. The number of rotatable bonds is 4. The smallest absolute Gasteiger partial charge is 0.356 e. The molecule has 1 aromatic carbocycles. The van der Waals surface area contributed by atoms with Gasteiger partial charge < -0.3 is 10.4 Å². The zero-order valence-corrected chi connectivity index (χ0v) is 13.5. The molecule has 0 aliphatic rings. The summed E-state index contributed by atoms with van der Waals surface area (Å²) in [6, 6.07) is 10.2. The van der Waals surface area contributed by atoms with E-state index in [2.05, 4.69) is 55.3 Å². The molecular weight excluding hydrogens is 276 g/mol. The van der Waals surface area contributed by atoms with Gasteiger partial charge in [0.2, 0.25) is 0 Å². The maximum absolute atomic E-state index is 11.2. The predicted octanol–water partition coefficient (Wildman–Crippen LogP) is 4.00. The van der Waals surface area contributed by atoms with Gasteiger partial charge in [-0.3, -0.25) is 0 Å². The minimum atomic E-state index is -1.02. The Hall–Kier alpha value is -2.36. The Balaban J connectivity index is 2.13. The highest BCUT2D eigenvalue weighted by molar-refractivity contribution is 5.91. The fraction of sp³-hybridized carbons (Fsp3) is 0.333. The molecule has 0 saturated carbocycles. The van der Waals surface area contributed by atoms with Gasteiger partial charge in [-0.25, -0.2) is 9.78 Å². The van der Waals surface area contributed by atoms with Crippen LogP contribution in [-0.2, 0) is 12.0 Å². The molecule has 0 saturated heterocycles. The lowest BCUT2D eigenvalue weighted by atomic mass is 9.87. The summed E-state index contributed by atoms with van der Waals surface area (Å²) in [5.41, 5.74) is 4.04. The van der Waals surface area contributed by atoms with Crippen molar-refractivity contribution >= 4 is 11.7 Å². The molecule has 0 amide bonds. The summed E-state index contributed by atoms with van der Waals surface area (Å²) >= 11 is 0. The Morgan fingerprint density at radius 2 is 1.86 bits per heavy atom. The normalized spacial score (nSPS) is 11.3. The van der Waals surface area contributed by atoms with E-state index in [1.807, 2.05) is 6.92 Å². The van der Waals surface area contributed by atoms with Crippen LogP contribution in [0, 0.1) is 6.92 Å². The molecule has 2 rings (SSSR count). The summed E-state index contributed by atoms with van der Waals surface area (Å²) in [5.74, 6) is -1.02. The number of hydrogen-bond donors (Lipinski definition) is 2. The van der Waals surface area contributed by atoms with E-state index < -0.39 is 5.97 Å². The van der Waals surface area contributed by atoms with Gasteiger partial charge >= 0.3 is 5.97 Å². The minimum Gasteiger partial charge on any atom is -0.476 e. The van der Waals surface area contributed by atoms with Crippen LogP contribution in [0.25, 0.3) is 0 Å². The molecular formula is C18H22N2O2. The third-order valence-corrected chi connectivity index (χ3v) is 3.53. The van der Waals surface area contributed by atoms with Crippen LogP contribution >= 0.6 is 0 Å². The van der Waals surface area contributed by atoms with Crippen LogP contribution in [0.15, 0.2) is 36.5 Å². The SMILES string of the molecule is Cc1cnc(C(=O)O)c(NCc2ccc(C(C)(C)C)cc2)c1. The number of aryl methyl sites for hydroxylation is 1. The van der Waals surface area contributed by atoms with Gasteiger partial charge in [0.1, 0.15) is 0 Å². The minimum absolute atomic E-state index is 0.0527. The second-order valence-electron chi connectivity index (χ2n) is 6.51. The van der Waals surface area contributed by atoms with E-state index in [9.17, 15) is 9.90 Å². The molecule has 0 aliphatic carbocycles. The number of pyridine rings is 1. The third kappa shape index (κ3) is 3.85. The average molecular weight is 298 g/mol. The van der Waals surface area contributed by atoms with E-state index in [-0.39, 0.29) is 11.1 Å². The molecule has 4 heteroatoms. The Bertz CT molecular complexity index is 670. The molecule has 0 bridgehead atoms. The Kier molecular flexibility index (Phi) is 4.50. The first-order valence-electron chi connectivity index (χ1n) is 7.30. The number of nitrogens with one attached hydrogen (secondary N) is 1. The van der Waals surface area contributed by atoms with Gasteiger partial charge in [-0.15, -0.1) is 0 Å². The number of hydrogen-bond acceptors (Lipinski definition) is 3. The number of carboxylic acid groups (broad SMARTS) is 1. The van der Waals surface area contributed by atoms with E-state index in [4.69, 9.17) is 0 Å². The highest BCUT2D eigenvalue weighted by Crippen LogP contribution is 2.22. The summed E-state index contributed by atoms with van der Waals surface area (Å²) in [6.45, 7) is 8.99. The fourth-order valence-electron chi connectivity index (χ4n) is 2.19. The van der Waals surface area contributed by atoms with Crippen molar-refractivity contribution in [1.29, 1.82) is 0 Å². The molecule has 0 spiro atoms. The lowest BCUT2D eigenvalue weighted by Crippen LogP contribution is -2.11. The van der Waals surface area contributed by atoms with Gasteiger partial charge in [-0.05, 0) is 35.1 Å². The van der Waals surface area contributed by atoms with Crippen molar-refractivity contribution in [3.05, 3.63) is 58.9 Å². The monoisotopic (exact) mass is 298 g/mol. The molecule has 4 nitrogen and oxygen atoms in total. The summed E-state index contributed by atoms with van der Waals surface area (Å²) in [6.07, 6.45) is 1.56. The molecule has 2 N–H and O–H groups in total. The first-order valence-corrected chi connectivity index (χ1v) is 7.30. The standard InChI is InChI=1S/C18H22N2O2/c1-12-9-15(16(17(21)22)20-10-12)19-11-13-5-7-14(8-6-13)18(2,3)4/h5-10,19H,11H2,1-4H3,(H,21,22). The van der Waals surface area contributed by atoms with Crippen LogP contribution in [-0.4, -0.2) is 16.1 Å². The number of anilines is 1. The lowest BCUT2D eigenvalue weighted by Gasteiger charge is -2.19. The van der Waals surface area contributed by atoms with Crippen LogP contribution < -0.4 is 5.32 Å². The van der Waals surface area contributed by atoms with Gasteiger partial charge in [-0.1, -0.05) is 45.0 Å². The number of carboxylic acids is 1. The Labute approximate surface area is 131 Å². The first kappa shape index (κ1) is 16.0. The molecule has 0 radical (unpaired) electrons. The van der Waals surface area contributed by atoms with E-state index in [1.54, 1.807) is 12.3 Å². The number of aromatic carboxylic acids is 1. The second kappa shape index (κ2) is 6.18. The molecule has 0 atom stereocenters. The molecule has 0 fully saturated rings. The molecule has 0 aliphatic heterocycles. The second-order valence-corrected chi connectivity index (χ2v) is 6.51. The van der Waals surface area contributed by atoms with Crippen LogP contribution in [0.4, 0.5) is 5.69 Å². The van der Waals surface area contributed by atoms with Gasteiger partial charge in [0.25, 0.3) is 0 Å². The summed E-state index contributed by atoms with van der Waals surface area (Å²) in [5, 5.41) is 12.3.